The second-order valence-electron chi connectivity index (χ2n) is 4.52. The molecule has 2 heterocycles. The normalized spacial score (nSPS) is 19.5. The van der Waals surface area contributed by atoms with Crippen LogP contribution in [0.2, 0.25) is 0 Å². The van der Waals surface area contributed by atoms with E-state index in [2.05, 4.69) is 10.3 Å². The first kappa shape index (κ1) is 14.7. The molecule has 1 aromatic heterocycles. The number of benzene rings is 1. The van der Waals surface area contributed by atoms with Crippen molar-refractivity contribution in [1.29, 1.82) is 0 Å². The van der Waals surface area contributed by atoms with Crippen LogP contribution < -0.4 is 5.32 Å². The fourth-order valence-electron chi connectivity index (χ4n) is 2.22. The lowest BCUT2D eigenvalue weighted by atomic mass is 10.3. The van der Waals surface area contributed by atoms with Crippen LogP contribution in [0.1, 0.15) is 12.8 Å². The zero-order valence-electron chi connectivity index (χ0n) is 10.2. The fraction of sp³-hybridized carbons (Fsp3) is 0.417. The Balaban J connectivity index is 0.00000133. The van der Waals surface area contributed by atoms with Crippen molar-refractivity contribution in [1.82, 2.24) is 10.3 Å². The third-order valence-electron chi connectivity index (χ3n) is 3.12. The number of nitrogens with zero attached hydrogens (tertiary/aromatic N) is 1. The number of sulfone groups is 1. The van der Waals surface area contributed by atoms with Crippen LogP contribution >= 0.6 is 23.7 Å². The van der Waals surface area contributed by atoms with E-state index < -0.39 is 9.84 Å². The highest BCUT2D eigenvalue weighted by Gasteiger charge is 2.26. The van der Waals surface area contributed by atoms with Gasteiger partial charge in [0.25, 0.3) is 0 Å². The first-order valence-corrected chi connectivity index (χ1v) is 8.44. The van der Waals surface area contributed by atoms with Crippen molar-refractivity contribution >= 4 is 43.8 Å². The number of aromatic nitrogens is 1. The highest BCUT2D eigenvalue weighted by molar-refractivity contribution is 7.93. The average Bonchev–Trinajstić information content (AvgIpc) is 2.96. The van der Waals surface area contributed by atoms with E-state index in [1.54, 1.807) is 0 Å². The Morgan fingerprint density at radius 1 is 1.37 bits per heavy atom. The van der Waals surface area contributed by atoms with Gasteiger partial charge in [0.05, 0.1) is 16.0 Å². The van der Waals surface area contributed by atoms with E-state index in [4.69, 9.17) is 0 Å². The highest BCUT2D eigenvalue weighted by Crippen LogP contribution is 2.26. The third-order valence-corrected chi connectivity index (χ3v) is 6.43. The van der Waals surface area contributed by atoms with Crippen molar-refractivity contribution in [3.63, 3.8) is 0 Å². The Morgan fingerprint density at radius 2 is 2.16 bits per heavy atom. The van der Waals surface area contributed by atoms with E-state index >= 15 is 0 Å². The summed E-state index contributed by atoms with van der Waals surface area (Å²) >= 11 is 1.26. The minimum atomic E-state index is -3.26. The van der Waals surface area contributed by atoms with Crippen LogP contribution in [0.4, 0.5) is 0 Å². The second kappa shape index (κ2) is 5.75. The van der Waals surface area contributed by atoms with Crippen LogP contribution in [0.5, 0.6) is 0 Å². The van der Waals surface area contributed by atoms with E-state index in [1.165, 1.54) is 11.3 Å². The summed E-state index contributed by atoms with van der Waals surface area (Å²) in [6.07, 6.45) is 1.99. The molecule has 104 valence electrons. The molecule has 1 atom stereocenters. The van der Waals surface area contributed by atoms with Crippen LogP contribution in [0.25, 0.3) is 10.2 Å². The number of fused-ring (bicyclic) bond motifs is 1. The zero-order valence-corrected chi connectivity index (χ0v) is 12.7. The van der Waals surface area contributed by atoms with Crippen molar-refractivity contribution in [3.05, 3.63) is 24.3 Å². The Kier molecular flexibility index (Phi) is 4.45. The van der Waals surface area contributed by atoms with Gasteiger partial charge in [0.2, 0.25) is 14.2 Å². The van der Waals surface area contributed by atoms with Gasteiger partial charge in [-0.3, -0.25) is 0 Å². The lowest BCUT2D eigenvalue weighted by molar-refractivity contribution is 0.576. The number of thiazole rings is 1. The quantitative estimate of drug-likeness (QED) is 0.943. The van der Waals surface area contributed by atoms with Gasteiger partial charge in [-0.25, -0.2) is 13.4 Å². The van der Waals surface area contributed by atoms with Gasteiger partial charge in [-0.1, -0.05) is 12.1 Å². The number of hydrogen-bond acceptors (Lipinski definition) is 5. The maximum absolute atomic E-state index is 12.3. The Morgan fingerprint density at radius 3 is 2.84 bits per heavy atom. The van der Waals surface area contributed by atoms with Gasteiger partial charge in [-0.2, -0.15) is 0 Å². The van der Waals surface area contributed by atoms with Crippen LogP contribution in [-0.4, -0.2) is 31.7 Å². The van der Waals surface area contributed by atoms with E-state index in [-0.39, 0.29) is 28.5 Å². The molecule has 1 aliphatic rings. The minimum absolute atomic E-state index is 0. The van der Waals surface area contributed by atoms with Gasteiger partial charge in [0.1, 0.15) is 0 Å². The van der Waals surface area contributed by atoms with Gasteiger partial charge in [-0.15, -0.1) is 23.7 Å². The van der Waals surface area contributed by atoms with Crippen molar-refractivity contribution in [3.8, 4) is 0 Å². The molecule has 1 N–H and O–H groups in total. The first-order valence-electron chi connectivity index (χ1n) is 5.97. The van der Waals surface area contributed by atoms with Gasteiger partial charge in [0, 0.05) is 6.04 Å². The average molecular weight is 319 g/mol. The van der Waals surface area contributed by atoms with E-state index in [1.807, 2.05) is 24.3 Å². The molecule has 1 aromatic carbocycles. The molecule has 19 heavy (non-hydrogen) atoms. The summed E-state index contributed by atoms with van der Waals surface area (Å²) in [6.45, 7) is 0.917. The summed E-state index contributed by atoms with van der Waals surface area (Å²) < 4.78 is 25.7. The summed E-state index contributed by atoms with van der Waals surface area (Å²) in [4.78, 5) is 4.23. The molecule has 1 fully saturated rings. The fourth-order valence-corrected chi connectivity index (χ4v) is 5.09. The predicted molar refractivity (Wildman–Crippen MR) is 79.9 cm³/mol. The predicted octanol–water partition coefficient (Wildman–Crippen LogP) is 2.24. The van der Waals surface area contributed by atoms with Crippen LogP contribution in [0.15, 0.2) is 28.6 Å². The molecule has 4 nitrogen and oxygen atoms in total. The van der Waals surface area contributed by atoms with E-state index in [0.717, 1.165) is 29.6 Å². The lowest BCUT2D eigenvalue weighted by Gasteiger charge is -2.08. The van der Waals surface area contributed by atoms with Crippen molar-refractivity contribution in [2.75, 3.05) is 12.3 Å². The molecule has 1 unspecified atom stereocenters. The standard InChI is InChI=1S/C12H14N2O2S2.ClH/c15-18(16,8-9-4-3-7-13-9)12-14-10-5-1-2-6-11(10)17-12;/h1-2,5-6,9,13H,3-4,7-8H2;1H. The summed E-state index contributed by atoms with van der Waals surface area (Å²) in [5.41, 5.74) is 0.764. The van der Waals surface area contributed by atoms with Crippen LogP contribution in [0.3, 0.4) is 0 Å². The SMILES string of the molecule is Cl.O=S(=O)(CC1CCCN1)c1nc2ccccc2s1. The highest BCUT2D eigenvalue weighted by atomic mass is 35.5. The van der Waals surface area contributed by atoms with Crippen LogP contribution in [0, 0.1) is 0 Å². The summed E-state index contributed by atoms with van der Waals surface area (Å²) in [5.74, 6) is 0.160. The Hall–Kier alpha value is -0.690. The molecule has 7 heteroatoms. The molecular weight excluding hydrogens is 304 g/mol. The van der Waals surface area contributed by atoms with Gasteiger partial charge in [-0.05, 0) is 31.5 Å². The number of para-hydroxylation sites is 1. The molecule has 1 saturated heterocycles. The number of rotatable bonds is 3. The molecule has 0 saturated carbocycles. The van der Waals surface area contributed by atoms with Gasteiger partial charge >= 0.3 is 0 Å². The summed E-state index contributed by atoms with van der Waals surface area (Å²) in [6, 6.07) is 7.60. The molecule has 0 radical (unpaired) electrons. The Bertz CT molecular complexity index is 630. The maximum Gasteiger partial charge on any atom is 0.210 e. The molecule has 0 aliphatic carbocycles. The molecular formula is C12H15ClN2O2S2. The monoisotopic (exact) mass is 318 g/mol. The first-order chi connectivity index (χ1) is 8.65. The number of hydrogen-bond donors (Lipinski definition) is 1. The van der Waals surface area contributed by atoms with Crippen LogP contribution in [-0.2, 0) is 9.84 Å². The third kappa shape index (κ3) is 3.08. The molecule has 3 rings (SSSR count). The zero-order chi connectivity index (χ0) is 12.6. The molecule has 0 spiro atoms. The van der Waals surface area contributed by atoms with Gasteiger partial charge < -0.3 is 5.32 Å². The van der Waals surface area contributed by atoms with E-state index in [0.29, 0.717) is 0 Å². The minimum Gasteiger partial charge on any atom is -0.313 e. The lowest BCUT2D eigenvalue weighted by Crippen LogP contribution is -2.29. The Labute approximate surface area is 122 Å². The van der Waals surface area contributed by atoms with Crippen molar-refractivity contribution in [2.24, 2.45) is 0 Å². The largest absolute Gasteiger partial charge is 0.313 e. The van der Waals surface area contributed by atoms with Crippen molar-refractivity contribution in [2.45, 2.75) is 23.2 Å². The molecule has 2 aromatic rings. The molecule has 1 aliphatic heterocycles. The second-order valence-corrected chi connectivity index (χ2v) is 7.76. The van der Waals surface area contributed by atoms with Gasteiger partial charge in [0.15, 0.2) is 0 Å². The maximum atomic E-state index is 12.3. The summed E-state index contributed by atoms with van der Waals surface area (Å²) in [7, 11) is -3.26. The van der Waals surface area contributed by atoms with E-state index in [9.17, 15) is 8.42 Å². The molecule has 0 bridgehead atoms. The number of nitrogens with one attached hydrogen (secondary N) is 1. The smallest absolute Gasteiger partial charge is 0.210 e. The molecule has 0 amide bonds. The number of halogens is 1. The topological polar surface area (TPSA) is 59.1 Å². The summed E-state index contributed by atoms with van der Waals surface area (Å²) in [5, 5.41) is 3.21. The van der Waals surface area contributed by atoms with Crippen molar-refractivity contribution < 1.29 is 8.42 Å².